The summed E-state index contributed by atoms with van der Waals surface area (Å²) in [5.74, 6) is 1.85. The third-order valence-electron chi connectivity index (χ3n) is 4.68. The lowest BCUT2D eigenvalue weighted by Gasteiger charge is -2.35. The molecule has 4 rings (SSSR count). The van der Waals surface area contributed by atoms with Crippen LogP contribution in [0.3, 0.4) is 0 Å². The quantitative estimate of drug-likeness (QED) is 0.738. The molecule has 3 heterocycles. The lowest BCUT2D eigenvalue weighted by atomic mass is 10.2. The van der Waals surface area contributed by atoms with Crippen molar-refractivity contribution in [3.05, 3.63) is 47.7 Å². The summed E-state index contributed by atoms with van der Waals surface area (Å²) in [4.78, 5) is 18.0. The molecule has 2 aromatic heterocycles. The summed E-state index contributed by atoms with van der Waals surface area (Å²) in [6.07, 6.45) is 1.66. The van der Waals surface area contributed by atoms with Gasteiger partial charge < -0.3 is 9.32 Å². The van der Waals surface area contributed by atoms with Crippen LogP contribution < -0.4 is 4.90 Å². The lowest BCUT2D eigenvalue weighted by Crippen LogP contribution is -2.46. The van der Waals surface area contributed by atoms with Crippen molar-refractivity contribution in [3.63, 3.8) is 0 Å². The molecule has 6 nitrogen and oxygen atoms in total. The molecule has 6 heteroatoms. The largest absolute Gasteiger partial charge is 0.439 e. The van der Waals surface area contributed by atoms with Crippen molar-refractivity contribution in [1.82, 2.24) is 19.9 Å². The smallest absolute Gasteiger partial charge is 0.209 e. The third-order valence-corrected chi connectivity index (χ3v) is 4.68. The average molecular weight is 323 g/mol. The average Bonchev–Trinajstić information content (AvgIpc) is 3.00. The first-order chi connectivity index (χ1) is 11.7. The van der Waals surface area contributed by atoms with Crippen LogP contribution in [0.15, 0.2) is 35.0 Å². The monoisotopic (exact) mass is 323 g/mol. The van der Waals surface area contributed by atoms with Gasteiger partial charge in [-0.25, -0.2) is 15.0 Å². The van der Waals surface area contributed by atoms with Crippen molar-refractivity contribution in [2.75, 3.05) is 31.1 Å². The maximum Gasteiger partial charge on any atom is 0.209 e. The minimum atomic E-state index is 0.754. The Kier molecular flexibility index (Phi) is 3.90. The minimum absolute atomic E-state index is 0.754. The SMILES string of the molecule is Cc1ncnc(N2CCN(Cc3nc4ccccc4o3)CC2)c1C. The zero-order valence-electron chi connectivity index (χ0n) is 14.1. The minimum Gasteiger partial charge on any atom is -0.439 e. The number of hydrogen-bond acceptors (Lipinski definition) is 6. The zero-order valence-corrected chi connectivity index (χ0v) is 14.1. The third kappa shape index (κ3) is 2.85. The van der Waals surface area contributed by atoms with Gasteiger partial charge in [-0.2, -0.15) is 0 Å². The summed E-state index contributed by atoms with van der Waals surface area (Å²) in [7, 11) is 0. The summed E-state index contributed by atoms with van der Waals surface area (Å²) >= 11 is 0. The van der Waals surface area contributed by atoms with E-state index in [9.17, 15) is 0 Å². The van der Waals surface area contributed by atoms with Crippen LogP contribution in [0.1, 0.15) is 17.1 Å². The van der Waals surface area contributed by atoms with Crippen molar-refractivity contribution in [3.8, 4) is 0 Å². The van der Waals surface area contributed by atoms with Crippen LogP contribution in [-0.2, 0) is 6.54 Å². The maximum absolute atomic E-state index is 5.83. The molecule has 0 spiro atoms. The van der Waals surface area contributed by atoms with Gasteiger partial charge in [0, 0.05) is 37.4 Å². The summed E-state index contributed by atoms with van der Waals surface area (Å²) < 4.78 is 5.83. The van der Waals surface area contributed by atoms with E-state index in [4.69, 9.17) is 4.42 Å². The fraction of sp³-hybridized carbons (Fsp3) is 0.389. The van der Waals surface area contributed by atoms with E-state index in [0.29, 0.717) is 0 Å². The highest BCUT2D eigenvalue weighted by Crippen LogP contribution is 2.21. The van der Waals surface area contributed by atoms with Gasteiger partial charge in [0.1, 0.15) is 17.7 Å². The molecular formula is C18H21N5O. The standard InChI is InChI=1S/C18H21N5O/c1-13-14(2)19-12-20-18(13)23-9-7-22(8-10-23)11-17-21-15-5-3-4-6-16(15)24-17/h3-6,12H,7-11H2,1-2H3. The number of oxazole rings is 1. The lowest BCUT2D eigenvalue weighted by molar-refractivity contribution is 0.228. The molecule has 1 aliphatic rings. The number of para-hydroxylation sites is 2. The van der Waals surface area contributed by atoms with Gasteiger partial charge in [0.15, 0.2) is 5.58 Å². The highest BCUT2D eigenvalue weighted by molar-refractivity contribution is 5.72. The molecule has 0 bridgehead atoms. The number of anilines is 1. The van der Waals surface area contributed by atoms with Crippen LogP contribution in [0.5, 0.6) is 0 Å². The molecule has 1 aliphatic heterocycles. The summed E-state index contributed by atoms with van der Waals surface area (Å²) in [6, 6.07) is 7.91. The molecule has 1 fully saturated rings. The first kappa shape index (κ1) is 15.1. The first-order valence-electron chi connectivity index (χ1n) is 8.30. The van der Waals surface area contributed by atoms with E-state index in [1.165, 1.54) is 5.56 Å². The van der Waals surface area contributed by atoms with Gasteiger partial charge in [-0.1, -0.05) is 12.1 Å². The highest BCUT2D eigenvalue weighted by Gasteiger charge is 2.21. The van der Waals surface area contributed by atoms with E-state index in [1.54, 1.807) is 6.33 Å². The van der Waals surface area contributed by atoms with E-state index in [-0.39, 0.29) is 0 Å². The summed E-state index contributed by atoms with van der Waals surface area (Å²) in [6.45, 7) is 8.74. The fourth-order valence-electron chi connectivity index (χ4n) is 3.14. The number of fused-ring (bicyclic) bond motifs is 1. The molecular weight excluding hydrogens is 302 g/mol. The second kappa shape index (κ2) is 6.20. The number of aromatic nitrogens is 3. The van der Waals surface area contributed by atoms with Gasteiger partial charge in [0.25, 0.3) is 0 Å². The van der Waals surface area contributed by atoms with E-state index in [2.05, 4.69) is 31.7 Å². The molecule has 0 saturated carbocycles. The van der Waals surface area contributed by atoms with Crippen LogP contribution in [0.2, 0.25) is 0 Å². The Bertz CT molecular complexity index is 818. The number of benzene rings is 1. The number of hydrogen-bond donors (Lipinski definition) is 0. The number of aryl methyl sites for hydroxylation is 1. The number of piperazine rings is 1. The Morgan fingerprint density at radius 1 is 1.04 bits per heavy atom. The van der Waals surface area contributed by atoms with E-state index in [0.717, 1.165) is 61.2 Å². The topological polar surface area (TPSA) is 58.3 Å². The first-order valence-corrected chi connectivity index (χ1v) is 8.30. The Balaban J connectivity index is 1.41. The Morgan fingerprint density at radius 2 is 1.83 bits per heavy atom. The Labute approximate surface area is 141 Å². The van der Waals surface area contributed by atoms with Crippen molar-refractivity contribution in [2.24, 2.45) is 0 Å². The molecule has 124 valence electrons. The van der Waals surface area contributed by atoms with Crippen molar-refractivity contribution in [1.29, 1.82) is 0 Å². The second-order valence-electron chi connectivity index (χ2n) is 6.25. The number of rotatable bonds is 3. The van der Waals surface area contributed by atoms with Gasteiger partial charge in [0.2, 0.25) is 5.89 Å². The molecule has 0 amide bonds. The predicted octanol–water partition coefficient (Wildman–Crippen LogP) is 2.56. The predicted molar refractivity (Wildman–Crippen MR) is 93.0 cm³/mol. The Hall–Kier alpha value is -2.47. The van der Waals surface area contributed by atoms with Gasteiger partial charge in [-0.05, 0) is 26.0 Å². The summed E-state index contributed by atoms with van der Waals surface area (Å²) in [5.41, 5.74) is 4.01. The molecule has 3 aromatic rings. The van der Waals surface area contributed by atoms with Gasteiger partial charge in [0.05, 0.1) is 6.54 Å². The van der Waals surface area contributed by atoms with Crippen LogP contribution in [0.25, 0.3) is 11.1 Å². The molecule has 0 unspecified atom stereocenters. The van der Waals surface area contributed by atoms with Gasteiger partial charge >= 0.3 is 0 Å². The van der Waals surface area contributed by atoms with Gasteiger partial charge in [-0.15, -0.1) is 0 Å². The maximum atomic E-state index is 5.83. The van der Waals surface area contributed by atoms with Crippen LogP contribution >= 0.6 is 0 Å². The normalized spacial score (nSPS) is 16.0. The van der Waals surface area contributed by atoms with Crippen LogP contribution in [0, 0.1) is 13.8 Å². The van der Waals surface area contributed by atoms with E-state index < -0.39 is 0 Å². The molecule has 0 radical (unpaired) electrons. The highest BCUT2D eigenvalue weighted by atomic mass is 16.3. The Morgan fingerprint density at radius 3 is 2.62 bits per heavy atom. The zero-order chi connectivity index (χ0) is 16.5. The molecule has 24 heavy (non-hydrogen) atoms. The van der Waals surface area contributed by atoms with E-state index >= 15 is 0 Å². The van der Waals surface area contributed by atoms with Crippen molar-refractivity contribution in [2.45, 2.75) is 20.4 Å². The molecule has 1 saturated heterocycles. The molecule has 0 atom stereocenters. The van der Waals surface area contributed by atoms with Crippen LogP contribution in [0.4, 0.5) is 5.82 Å². The molecule has 0 aliphatic carbocycles. The number of nitrogens with zero attached hydrogens (tertiary/aromatic N) is 5. The van der Waals surface area contributed by atoms with E-state index in [1.807, 2.05) is 31.2 Å². The van der Waals surface area contributed by atoms with Crippen molar-refractivity contribution < 1.29 is 4.42 Å². The second-order valence-corrected chi connectivity index (χ2v) is 6.25. The fourth-order valence-corrected chi connectivity index (χ4v) is 3.14. The summed E-state index contributed by atoms with van der Waals surface area (Å²) in [5, 5.41) is 0. The molecule has 1 aromatic carbocycles. The van der Waals surface area contributed by atoms with Gasteiger partial charge in [-0.3, -0.25) is 4.90 Å². The van der Waals surface area contributed by atoms with Crippen molar-refractivity contribution >= 4 is 16.9 Å². The van der Waals surface area contributed by atoms with Crippen LogP contribution in [-0.4, -0.2) is 46.0 Å². The molecule has 0 N–H and O–H groups in total.